The summed E-state index contributed by atoms with van der Waals surface area (Å²) in [6.45, 7) is -0.0140. The summed E-state index contributed by atoms with van der Waals surface area (Å²) >= 11 is 3.10. The number of aromatic hydroxyl groups is 2. The van der Waals surface area contributed by atoms with E-state index in [4.69, 9.17) is 4.74 Å². The van der Waals surface area contributed by atoms with E-state index >= 15 is 0 Å². The number of rotatable bonds is 10. The standard InChI is InChI=1S/C27H22O3.C10H8O2.C8H7BrO/c28-25(21-9-3-1-4-10-21)18-17-20-13-7-15-24-23(20)14-8-16-27(24)30-19-26(29)22-11-5-2-6-12-22;11-9-5-1-3-7-8(9)4-2-6-10(7)12;9-6-8(10)7-4-2-1-3-5-7/h1-16H,17-19H2;1-6,11-12H;1-5H,6H2. The normalized spacial score (nSPS) is 10.3. The third-order valence-corrected chi connectivity index (χ3v) is 8.75. The van der Waals surface area contributed by atoms with Gasteiger partial charge in [-0.2, -0.15) is 0 Å². The van der Waals surface area contributed by atoms with Gasteiger partial charge in [-0.05, 0) is 35.6 Å². The van der Waals surface area contributed by atoms with Gasteiger partial charge >= 0.3 is 0 Å². The zero-order valence-electron chi connectivity index (χ0n) is 28.3. The highest BCUT2D eigenvalue weighted by Crippen LogP contribution is 2.31. The summed E-state index contributed by atoms with van der Waals surface area (Å²) in [6.07, 6.45) is 1.10. The third-order valence-electron chi connectivity index (χ3n) is 8.24. The molecule has 6 nitrogen and oxygen atoms in total. The van der Waals surface area contributed by atoms with Crippen LogP contribution in [0.4, 0.5) is 0 Å². The number of Topliss-reactive ketones (excluding diaryl/α,β-unsaturated/α-hetero) is 3. The molecule has 0 atom stereocenters. The van der Waals surface area contributed by atoms with Crippen LogP contribution in [0.1, 0.15) is 43.1 Å². The predicted molar refractivity (Wildman–Crippen MR) is 211 cm³/mol. The van der Waals surface area contributed by atoms with Gasteiger partial charge in [0, 0.05) is 39.3 Å². The Labute approximate surface area is 311 Å². The Balaban J connectivity index is 0.000000193. The zero-order valence-corrected chi connectivity index (χ0v) is 29.9. The molecule has 2 N–H and O–H groups in total. The number of benzene rings is 7. The maximum Gasteiger partial charge on any atom is 0.200 e. The quantitative estimate of drug-likeness (QED) is 0.107. The molecule has 7 aromatic carbocycles. The van der Waals surface area contributed by atoms with Gasteiger partial charge in [0.1, 0.15) is 17.2 Å². The molecule has 7 rings (SSSR count). The maximum absolute atomic E-state index is 12.5. The van der Waals surface area contributed by atoms with Gasteiger partial charge in [0.05, 0.1) is 5.33 Å². The van der Waals surface area contributed by atoms with Crippen molar-refractivity contribution in [3.63, 3.8) is 0 Å². The Morgan fingerprint density at radius 3 is 1.44 bits per heavy atom. The largest absolute Gasteiger partial charge is 0.507 e. The van der Waals surface area contributed by atoms with Crippen LogP contribution >= 0.6 is 15.9 Å². The Morgan fingerprint density at radius 2 is 0.904 bits per heavy atom. The van der Waals surface area contributed by atoms with Crippen molar-refractivity contribution in [2.24, 2.45) is 0 Å². The van der Waals surface area contributed by atoms with Gasteiger partial charge in [0.2, 0.25) is 0 Å². The number of phenols is 2. The number of carbonyl (C=O) groups excluding carboxylic acids is 3. The molecule has 0 bridgehead atoms. The van der Waals surface area contributed by atoms with Crippen molar-refractivity contribution in [1.29, 1.82) is 0 Å². The second-order valence-corrected chi connectivity index (χ2v) is 12.3. The van der Waals surface area contributed by atoms with E-state index in [-0.39, 0.29) is 35.5 Å². The molecule has 0 fully saturated rings. The summed E-state index contributed by atoms with van der Waals surface area (Å²) in [6, 6.07) is 49.7. The highest BCUT2D eigenvalue weighted by molar-refractivity contribution is 9.09. The Kier molecular flexibility index (Phi) is 13.5. The van der Waals surface area contributed by atoms with Gasteiger partial charge in [0.15, 0.2) is 24.0 Å². The smallest absolute Gasteiger partial charge is 0.200 e. The minimum Gasteiger partial charge on any atom is -0.507 e. The van der Waals surface area contributed by atoms with Crippen LogP contribution < -0.4 is 4.74 Å². The van der Waals surface area contributed by atoms with Crippen molar-refractivity contribution in [3.05, 3.63) is 186 Å². The third kappa shape index (κ3) is 10.0. The van der Waals surface area contributed by atoms with E-state index in [2.05, 4.69) is 15.9 Å². The summed E-state index contributed by atoms with van der Waals surface area (Å²) in [5, 5.41) is 22.5. The van der Waals surface area contributed by atoms with E-state index in [0.717, 1.165) is 27.5 Å². The first kappa shape index (κ1) is 37.2. The van der Waals surface area contributed by atoms with E-state index in [1.807, 2.05) is 115 Å². The van der Waals surface area contributed by atoms with E-state index in [1.165, 1.54) is 0 Å². The average Bonchev–Trinajstić information content (AvgIpc) is 3.20. The van der Waals surface area contributed by atoms with Crippen LogP contribution in [-0.4, -0.2) is 39.5 Å². The molecule has 0 spiro atoms. The number of hydrogen-bond donors (Lipinski definition) is 2. The van der Waals surface area contributed by atoms with Gasteiger partial charge in [-0.1, -0.05) is 162 Å². The Morgan fingerprint density at radius 1 is 0.462 bits per heavy atom. The fourth-order valence-corrected chi connectivity index (χ4v) is 5.86. The number of fused-ring (bicyclic) bond motifs is 2. The Hall–Kier alpha value is -6.05. The van der Waals surface area contributed by atoms with Crippen molar-refractivity contribution < 1.29 is 29.3 Å². The number of carbonyl (C=O) groups is 3. The first-order chi connectivity index (χ1) is 25.4. The molecule has 0 radical (unpaired) electrons. The molecule has 0 aliphatic carbocycles. The molecular weight excluding hydrogens is 716 g/mol. The number of aryl methyl sites for hydroxylation is 1. The molecule has 0 aliphatic rings. The molecule has 0 aromatic heterocycles. The molecule has 52 heavy (non-hydrogen) atoms. The fourth-order valence-electron chi connectivity index (χ4n) is 5.54. The fraction of sp³-hybridized carbons (Fsp3) is 0.0889. The average molecular weight is 754 g/mol. The lowest BCUT2D eigenvalue weighted by Gasteiger charge is -2.12. The van der Waals surface area contributed by atoms with E-state index in [1.54, 1.807) is 48.5 Å². The van der Waals surface area contributed by atoms with Crippen LogP contribution in [0.2, 0.25) is 0 Å². The van der Waals surface area contributed by atoms with E-state index in [0.29, 0.717) is 40.3 Å². The molecule has 0 heterocycles. The van der Waals surface area contributed by atoms with Gasteiger partial charge in [-0.15, -0.1) is 0 Å². The van der Waals surface area contributed by atoms with Crippen LogP contribution in [-0.2, 0) is 6.42 Å². The molecule has 0 aliphatic heterocycles. The summed E-state index contributed by atoms with van der Waals surface area (Å²) in [4.78, 5) is 35.8. The van der Waals surface area contributed by atoms with E-state index in [9.17, 15) is 24.6 Å². The summed E-state index contributed by atoms with van der Waals surface area (Å²) in [5.41, 5.74) is 3.23. The van der Waals surface area contributed by atoms with Gasteiger partial charge in [-0.25, -0.2) is 0 Å². The summed E-state index contributed by atoms with van der Waals surface area (Å²) in [7, 11) is 0. The number of halogens is 1. The topological polar surface area (TPSA) is 101 Å². The van der Waals surface area contributed by atoms with Crippen molar-refractivity contribution in [2.45, 2.75) is 12.8 Å². The summed E-state index contributed by atoms with van der Waals surface area (Å²) < 4.78 is 5.87. The number of ether oxygens (including phenoxy) is 1. The molecule has 0 saturated heterocycles. The van der Waals surface area contributed by atoms with Crippen LogP contribution in [0, 0.1) is 0 Å². The molecular formula is C45H37BrO6. The number of ketones is 3. The lowest BCUT2D eigenvalue weighted by atomic mass is 9.97. The van der Waals surface area contributed by atoms with Gasteiger partial charge in [0.25, 0.3) is 0 Å². The highest BCUT2D eigenvalue weighted by atomic mass is 79.9. The van der Waals surface area contributed by atoms with Crippen molar-refractivity contribution in [1.82, 2.24) is 0 Å². The van der Waals surface area contributed by atoms with E-state index < -0.39 is 0 Å². The SMILES string of the molecule is O=C(CBr)c1ccccc1.O=C(CCc1cccc2c(OCC(=O)c3ccccc3)cccc12)c1ccccc1.Oc1cccc2c(O)cccc12. The Bertz CT molecular complexity index is 2120. The molecule has 7 aromatic rings. The summed E-state index contributed by atoms with van der Waals surface area (Å²) in [5.74, 6) is 1.27. The van der Waals surface area contributed by atoms with Crippen LogP contribution in [0.5, 0.6) is 17.2 Å². The van der Waals surface area contributed by atoms with Crippen LogP contribution in [0.25, 0.3) is 21.5 Å². The number of phenolic OH excluding ortho intramolecular Hbond substituents is 2. The molecule has 0 amide bonds. The van der Waals surface area contributed by atoms with Crippen molar-refractivity contribution >= 4 is 54.8 Å². The van der Waals surface area contributed by atoms with Crippen molar-refractivity contribution in [3.8, 4) is 17.2 Å². The molecule has 0 saturated carbocycles. The first-order valence-corrected chi connectivity index (χ1v) is 17.8. The minimum absolute atomic E-state index is 0.0140. The number of alkyl halides is 1. The molecule has 7 heteroatoms. The molecule has 260 valence electrons. The second-order valence-electron chi connectivity index (χ2n) is 11.7. The van der Waals surface area contributed by atoms with Crippen molar-refractivity contribution in [2.75, 3.05) is 11.9 Å². The number of hydrogen-bond acceptors (Lipinski definition) is 6. The second kappa shape index (κ2) is 18.8. The lowest BCUT2D eigenvalue weighted by molar-refractivity contribution is 0.0921. The maximum atomic E-state index is 12.5. The predicted octanol–water partition coefficient (Wildman–Crippen LogP) is 10.4. The van der Waals surface area contributed by atoms with Crippen LogP contribution in [0.3, 0.4) is 0 Å². The lowest BCUT2D eigenvalue weighted by Crippen LogP contribution is -2.11. The monoisotopic (exact) mass is 752 g/mol. The zero-order chi connectivity index (χ0) is 36.7. The highest BCUT2D eigenvalue weighted by Gasteiger charge is 2.12. The van der Waals surface area contributed by atoms with Gasteiger partial charge in [-0.3, -0.25) is 14.4 Å². The molecule has 0 unspecified atom stereocenters. The van der Waals surface area contributed by atoms with Gasteiger partial charge < -0.3 is 14.9 Å². The minimum atomic E-state index is -0.0581. The first-order valence-electron chi connectivity index (χ1n) is 16.7. The van der Waals surface area contributed by atoms with Crippen LogP contribution in [0.15, 0.2) is 164 Å².